The number of aliphatic hydroxyl groups excluding tert-OH is 1. The lowest BCUT2D eigenvalue weighted by atomic mass is 10.2. The zero-order chi connectivity index (χ0) is 19.5. The summed E-state index contributed by atoms with van der Waals surface area (Å²) in [5.41, 5.74) is 2.22. The van der Waals surface area contributed by atoms with Gasteiger partial charge in [-0.05, 0) is 44.3 Å². The molecule has 0 unspecified atom stereocenters. The largest absolute Gasteiger partial charge is 0.396 e. The average molecular weight is 357 g/mol. The molecule has 0 bridgehead atoms. The summed E-state index contributed by atoms with van der Waals surface area (Å²) in [6, 6.07) is 0. The van der Waals surface area contributed by atoms with Gasteiger partial charge in [0.2, 0.25) is 0 Å². The van der Waals surface area contributed by atoms with Crippen LogP contribution < -0.4 is 0 Å². The number of aliphatic hydroxyl groups is 1. The molecule has 0 radical (unpaired) electrons. The molecule has 0 saturated heterocycles. The molecule has 1 N–H and O–H groups in total. The Kier molecular flexibility index (Phi) is 15.9. The van der Waals surface area contributed by atoms with Gasteiger partial charge in [0.05, 0.1) is 11.4 Å². The van der Waals surface area contributed by atoms with Crippen LogP contribution >= 0.6 is 0 Å². The van der Waals surface area contributed by atoms with E-state index in [-0.39, 0.29) is 6.61 Å². The molecule has 4 heteroatoms. The second kappa shape index (κ2) is 17.5. The Bertz CT molecular complexity index is 579. The zero-order valence-electron chi connectivity index (χ0n) is 16.1. The first-order valence-electron chi connectivity index (χ1n) is 9.19. The molecule has 0 aromatic heterocycles. The highest BCUT2D eigenvalue weighted by molar-refractivity contribution is 5.82. The number of aldehydes is 1. The number of rotatable bonds is 14. The summed E-state index contributed by atoms with van der Waals surface area (Å²) in [4.78, 5) is 19.8. The van der Waals surface area contributed by atoms with Crippen LogP contribution in [0.3, 0.4) is 0 Å². The van der Waals surface area contributed by atoms with E-state index < -0.39 is 0 Å². The summed E-state index contributed by atoms with van der Waals surface area (Å²) < 4.78 is 0. The van der Waals surface area contributed by atoms with Gasteiger partial charge in [0.1, 0.15) is 6.29 Å². The molecule has 142 valence electrons. The summed E-state index contributed by atoms with van der Waals surface area (Å²) >= 11 is 0. The van der Waals surface area contributed by atoms with E-state index in [1.54, 1.807) is 12.3 Å². The van der Waals surface area contributed by atoms with Crippen molar-refractivity contribution in [2.75, 3.05) is 6.61 Å². The van der Waals surface area contributed by atoms with Crippen LogP contribution in [-0.2, 0) is 4.79 Å². The summed E-state index contributed by atoms with van der Waals surface area (Å²) in [7, 11) is 0. The van der Waals surface area contributed by atoms with Gasteiger partial charge in [0.15, 0.2) is 0 Å². The molecule has 0 amide bonds. The predicted octanol–water partition coefficient (Wildman–Crippen LogP) is 5.14. The van der Waals surface area contributed by atoms with E-state index in [0.717, 1.165) is 49.7 Å². The van der Waals surface area contributed by atoms with Crippen molar-refractivity contribution in [2.24, 2.45) is 9.98 Å². The number of unbranched alkanes of at least 4 members (excludes halogenated alkanes) is 3. The molecule has 0 aromatic carbocycles. The molecule has 4 nitrogen and oxygen atoms in total. The molecule has 0 atom stereocenters. The Morgan fingerprint density at radius 2 is 1.85 bits per heavy atom. The van der Waals surface area contributed by atoms with E-state index in [4.69, 9.17) is 5.11 Å². The highest BCUT2D eigenvalue weighted by atomic mass is 16.2. The van der Waals surface area contributed by atoms with Crippen LogP contribution in [0.4, 0.5) is 0 Å². The number of aliphatic imine (C=N–C) groups is 2. The quantitative estimate of drug-likeness (QED) is 0.203. The third-order valence-electron chi connectivity index (χ3n) is 3.27. The van der Waals surface area contributed by atoms with Crippen LogP contribution in [0.15, 0.2) is 70.0 Å². The molecule has 26 heavy (non-hydrogen) atoms. The molecular formula is C22H32N2O2. The summed E-state index contributed by atoms with van der Waals surface area (Å²) in [5.74, 6) is 0. The first kappa shape index (κ1) is 23.7. The number of carbonyl (C=O) groups is 1. The van der Waals surface area contributed by atoms with E-state index in [9.17, 15) is 4.79 Å². The van der Waals surface area contributed by atoms with Gasteiger partial charge in [-0.1, -0.05) is 50.3 Å². The van der Waals surface area contributed by atoms with Gasteiger partial charge in [-0.15, -0.1) is 0 Å². The normalized spacial score (nSPS) is 13.7. The van der Waals surface area contributed by atoms with Crippen molar-refractivity contribution >= 4 is 18.7 Å². The third-order valence-corrected chi connectivity index (χ3v) is 3.27. The van der Waals surface area contributed by atoms with E-state index in [1.807, 2.05) is 50.4 Å². The van der Waals surface area contributed by atoms with Gasteiger partial charge in [-0.25, -0.2) is 0 Å². The maximum absolute atomic E-state index is 10.7. The Morgan fingerprint density at radius 1 is 1.08 bits per heavy atom. The van der Waals surface area contributed by atoms with Gasteiger partial charge in [-0.3, -0.25) is 9.98 Å². The van der Waals surface area contributed by atoms with Gasteiger partial charge in [0, 0.05) is 25.5 Å². The minimum absolute atomic E-state index is 0.228. The predicted molar refractivity (Wildman–Crippen MR) is 113 cm³/mol. The van der Waals surface area contributed by atoms with Gasteiger partial charge < -0.3 is 9.90 Å². The zero-order valence-corrected chi connectivity index (χ0v) is 16.1. The fourth-order valence-corrected chi connectivity index (χ4v) is 1.97. The monoisotopic (exact) mass is 356 g/mol. The highest BCUT2D eigenvalue weighted by Crippen LogP contribution is 2.15. The van der Waals surface area contributed by atoms with Crippen LogP contribution in [0.2, 0.25) is 0 Å². The summed E-state index contributed by atoms with van der Waals surface area (Å²) in [6.45, 7) is 8.17. The van der Waals surface area contributed by atoms with E-state index in [0.29, 0.717) is 12.1 Å². The summed E-state index contributed by atoms with van der Waals surface area (Å²) in [6.07, 6.45) is 20.6. The molecule has 0 aliphatic carbocycles. The molecule has 0 fully saturated rings. The topological polar surface area (TPSA) is 62.0 Å². The SMILES string of the molecule is C=C(/C=C\C=C/C)/C=N/C(=C/CC)C(=C\CC=O)/N=C/CCCCCO. The third kappa shape index (κ3) is 13.0. The van der Waals surface area contributed by atoms with Crippen LogP contribution in [0.25, 0.3) is 0 Å². The van der Waals surface area contributed by atoms with E-state index >= 15 is 0 Å². The van der Waals surface area contributed by atoms with Crippen molar-refractivity contribution in [3.63, 3.8) is 0 Å². The molecule has 0 rings (SSSR count). The molecular weight excluding hydrogens is 324 g/mol. The van der Waals surface area contributed by atoms with Crippen LogP contribution in [-0.4, -0.2) is 30.4 Å². The Morgan fingerprint density at radius 3 is 2.50 bits per heavy atom. The smallest absolute Gasteiger partial charge is 0.123 e. The van der Waals surface area contributed by atoms with Crippen LogP contribution in [0, 0.1) is 0 Å². The van der Waals surface area contributed by atoms with Gasteiger partial charge in [-0.2, -0.15) is 0 Å². The Labute approximate surface area is 158 Å². The van der Waals surface area contributed by atoms with Gasteiger partial charge >= 0.3 is 0 Å². The maximum Gasteiger partial charge on any atom is 0.123 e. The lowest BCUT2D eigenvalue weighted by molar-refractivity contribution is -0.107. The standard InChI is InChI=1S/C22H32N2O2/c1-4-6-9-14-20(3)19-24-21(13-5-2)22(15-12-18-26)23-16-10-7-8-11-17-25/h4,6,9,13-16,18-19,25H,3,5,7-8,10-12,17H2,1-2H3/b6-4-,14-9-,21-13+,22-15+,23-16+,24-19+. The van der Waals surface area contributed by atoms with Crippen LogP contribution in [0.1, 0.15) is 52.4 Å². The molecule has 0 aliphatic rings. The lowest BCUT2D eigenvalue weighted by Crippen LogP contribution is -1.90. The molecule has 0 aliphatic heterocycles. The average Bonchev–Trinajstić information content (AvgIpc) is 2.64. The maximum atomic E-state index is 10.7. The molecule has 0 saturated carbocycles. The number of carbonyl (C=O) groups excluding carboxylic acids is 1. The second-order valence-corrected chi connectivity index (χ2v) is 5.59. The van der Waals surface area contributed by atoms with Crippen molar-refractivity contribution < 1.29 is 9.90 Å². The van der Waals surface area contributed by atoms with Crippen molar-refractivity contribution in [2.45, 2.75) is 52.4 Å². The number of hydrogen-bond acceptors (Lipinski definition) is 4. The highest BCUT2D eigenvalue weighted by Gasteiger charge is 2.01. The fraction of sp³-hybridized carbons (Fsp3) is 0.409. The summed E-state index contributed by atoms with van der Waals surface area (Å²) in [5, 5.41) is 8.80. The number of nitrogens with zero attached hydrogens (tertiary/aromatic N) is 2. The molecule has 0 spiro atoms. The minimum Gasteiger partial charge on any atom is -0.396 e. The van der Waals surface area contributed by atoms with Gasteiger partial charge in [0.25, 0.3) is 0 Å². The molecule has 0 aromatic rings. The minimum atomic E-state index is 0.228. The van der Waals surface area contributed by atoms with Crippen molar-refractivity contribution in [1.29, 1.82) is 0 Å². The van der Waals surface area contributed by atoms with Crippen molar-refractivity contribution in [3.05, 3.63) is 60.0 Å². The van der Waals surface area contributed by atoms with E-state index in [2.05, 4.69) is 16.6 Å². The Balaban J connectivity index is 5.11. The first-order valence-corrected chi connectivity index (χ1v) is 9.19. The van der Waals surface area contributed by atoms with Crippen LogP contribution in [0.5, 0.6) is 0 Å². The lowest BCUT2D eigenvalue weighted by Gasteiger charge is -2.03. The number of allylic oxidation sites excluding steroid dienone is 7. The van der Waals surface area contributed by atoms with E-state index in [1.165, 1.54) is 0 Å². The molecule has 0 heterocycles. The Hall–Kier alpha value is -2.33. The van der Waals surface area contributed by atoms with Crippen molar-refractivity contribution in [3.8, 4) is 0 Å². The van der Waals surface area contributed by atoms with Crippen molar-refractivity contribution in [1.82, 2.24) is 0 Å². The second-order valence-electron chi connectivity index (χ2n) is 5.59. The fourth-order valence-electron chi connectivity index (χ4n) is 1.97. The first-order chi connectivity index (χ1) is 12.7. The number of hydrogen-bond donors (Lipinski definition) is 1.